The third-order valence-corrected chi connectivity index (χ3v) is 5.21. The summed E-state index contributed by atoms with van der Waals surface area (Å²) in [5.74, 6) is 3.48. The molecule has 1 amide bonds. The highest BCUT2D eigenvalue weighted by Gasteiger charge is 2.27. The number of likely N-dealkylation sites (tertiary alicyclic amines) is 1. The summed E-state index contributed by atoms with van der Waals surface area (Å²) in [6.07, 6.45) is 8.28. The van der Waals surface area contributed by atoms with E-state index in [9.17, 15) is 4.79 Å². The average Bonchev–Trinajstić information content (AvgIpc) is 3.24. The van der Waals surface area contributed by atoms with Crippen LogP contribution < -0.4 is 0 Å². The Morgan fingerprint density at radius 2 is 2.12 bits per heavy atom. The van der Waals surface area contributed by atoms with Crippen molar-refractivity contribution in [3.8, 4) is 0 Å². The number of thioether (sulfide) groups is 1. The second-order valence-electron chi connectivity index (χ2n) is 6.13. The van der Waals surface area contributed by atoms with Crippen molar-refractivity contribution in [3.63, 3.8) is 0 Å². The SMILES string of the molecule is CSCCC(=O)N1CCC(c2nnc(Cn3cccn3)n2C)CC1. The van der Waals surface area contributed by atoms with Gasteiger partial charge >= 0.3 is 0 Å². The number of hydrogen-bond donors (Lipinski definition) is 0. The highest BCUT2D eigenvalue weighted by atomic mass is 32.2. The van der Waals surface area contributed by atoms with Gasteiger partial charge in [-0.2, -0.15) is 16.9 Å². The van der Waals surface area contributed by atoms with Gasteiger partial charge in [0.2, 0.25) is 5.91 Å². The van der Waals surface area contributed by atoms with Gasteiger partial charge in [0.1, 0.15) is 12.4 Å². The van der Waals surface area contributed by atoms with Crippen LogP contribution in [0.15, 0.2) is 18.5 Å². The number of carbonyl (C=O) groups is 1. The molecule has 0 saturated carbocycles. The van der Waals surface area contributed by atoms with Crippen molar-refractivity contribution < 1.29 is 4.79 Å². The molecule has 3 heterocycles. The molecule has 3 rings (SSSR count). The van der Waals surface area contributed by atoms with Gasteiger partial charge < -0.3 is 9.47 Å². The van der Waals surface area contributed by atoms with Crippen LogP contribution in [0.2, 0.25) is 0 Å². The first-order valence-corrected chi connectivity index (χ1v) is 9.70. The molecule has 1 aliphatic heterocycles. The molecule has 1 aliphatic rings. The monoisotopic (exact) mass is 348 g/mol. The summed E-state index contributed by atoms with van der Waals surface area (Å²) in [4.78, 5) is 14.1. The molecule has 1 fully saturated rings. The Bertz CT molecular complexity index is 660. The molecule has 24 heavy (non-hydrogen) atoms. The van der Waals surface area contributed by atoms with Gasteiger partial charge in [0.15, 0.2) is 5.82 Å². The lowest BCUT2D eigenvalue weighted by molar-refractivity contribution is -0.131. The highest BCUT2D eigenvalue weighted by Crippen LogP contribution is 2.27. The van der Waals surface area contributed by atoms with E-state index in [2.05, 4.69) is 19.9 Å². The van der Waals surface area contributed by atoms with E-state index >= 15 is 0 Å². The van der Waals surface area contributed by atoms with Crippen LogP contribution in [0.1, 0.15) is 36.8 Å². The van der Waals surface area contributed by atoms with E-state index in [4.69, 9.17) is 0 Å². The van der Waals surface area contributed by atoms with Crippen LogP contribution in [0.25, 0.3) is 0 Å². The summed E-state index contributed by atoms with van der Waals surface area (Å²) in [5.41, 5.74) is 0. The smallest absolute Gasteiger partial charge is 0.223 e. The topological polar surface area (TPSA) is 68.8 Å². The normalized spacial score (nSPS) is 15.8. The van der Waals surface area contributed by atoms with Gasteiger partial charge in [-0.25, -0.2) is 0 Å². The Balaban J connectivity index is 1.58. The largest absolute Gasteiger partial charge is 0.343 e. The summed E-state index contributed by atoms with van der Waals surface area (Å²) < 4.78 is 3.93. The van der Waals surface area contributed by atoms with E-state index in [1.54, 1.807) is 18.0 Å². The minimum absolute atomic E-state index is 0.278. The van der Waals surface area contributed by atoms with E-state index in [0.29, 0.717) is 18.9 Å². The van der Waals surface area contributed by atoms with Gasteiger partial charge in [-0.05, 0) is 25.2 Å². The van der Waals surface area contributed by atoms with Crippen molar-refractivity contribution in [2.45, 2.75) is 31.7 Å². The summed E-state index contributed by atoms with van der Waals surface area (Å²) in [6, 6.07) is 1.90. The van der Waals surface area contributed by atoms with Crippen LogP contribution in [-0.2, 0) is 18.4 Å². The number of rotatable bonds is 6. The van der Waals surface area contributed by atoms with Crippen molar-refractivity contribution in [2.75, 3.05) is 25.1 Å². The zero-order valence-electron chi connectivity index (χ0n) is 14.3. The van der Waals surface area contributed by atoms with E-state index in [1.807, 2.05) is 35.1 Å². The van der Waals surface area contributed by atoms with Gasteiger partial charge in [0.25, 0.3) is 0 Å². The van der Waals surface area contributed by atoms with E-state index < -0.39 is 0 Å². The number of piperidine rings is 1. The van der Waals surface area contributed by atoms with Gasteiger partial charge in [-0.15, -0.1) is 10.2 Å². The Hall–Kier alpha value is -1.83. The molecule has 0 aromatic carbocycles. The van der Waals surface area contributed by atoms with Crippen molar-refractivity contribution in [1.82, 2.24) is 29.4 Å². The molecule has 1 saturated heterocycles. The molecule has 0 spiro atoms. The maximum atomic E-state index is 12.1. The van der Waals surface area contributed by atoms with Crippen molar-refractivity contribution >= 4 is 17.7 Å². The molecule has 0 N–H and O–H groups in total. The molecule has 130 valence electrons. The first-order chi connectivity index (χ1) is 11.7. The van der Waals surface area contributed by atoms with Crippen LogP contribution in [0.5, 0.6) is 0 Å². The van der Waals surface area contributed by atoms with E-state index in [-0.39, 0.29) is 5.91 Å². The van der Waals surface area contributed by atoms with Crippen LogP contribution in [0, 0.1) is 0 Å². The minimum Gasteiger partial charge on any atom is -0.343 e. The second kappa shape index (κ2) is 7.83. The average molecular weight is 348 g/mol. The third kappa shape index (κ3) is 3.80. The predicted octanol–water partition coefficient (Wildman–Crippen LogP) is 1.52. The molecule has 0 bridgehead atoms. The molecule has 0 radical (unpaired) electrons. The van der Waals surface area contributed by atoms with Crippen LogP contribution in [-0.4, -0.2) is 60.5 Å². The molecular formula is C16H24N6OS. The lowest BCUT2D eigenvalue weighted by Gasteiger charge is -2.31. The van der Waals surface area contributed by atoms with Crippen molar-refractivity contribution in [1.29, 1.82) is 0 Å². The lowest BCUT2D eigenvalue weighted by Crippen LogP contribution is -2.38. The second-order valence-corrected chi connectivity index (χ2v) is 7.12. The van der Waals surface area contributed by atoms with Crippen molar-refractivity contribution in [3.05, 3.63) is 30.1 Å². The summed E-state index contributed by atoms with van der Waals surface area (Å²) in [5, 5.41) is 13.0. The number of carbonyl (C=O) groups excluding carboxylic acids is 1. The molecular weight excluding hydrogens is 324 g/mol. The molecule has 0 atom stereocenters. The first-order valence-electron chi connectivity index (χ1n) is 8.31. The Morgan fingerprint density at radius 1 is 1.33 bits per heavy atom. The summed E-state index contributed by atoms with van der Waals surface area (Å²) >= 11 is 1.72. The molecule has 0 unspecified atom stereocenters. The maximum absolute atomic E-state index is 12.1. The fourth-order valence-electron chi connectivity index (χ4n) is 3.14. The first kappa shape index (κ1) is 17.0. The number of aromatic nitrogens is 5. The quantitative estimate of drug-likeness (QED) is 0.792. The lowest BCUT2D eigenvalue weighted by atomic mass is 9.95. The standard InChI is InChI=1S/C16H24N6OS/c1-20-14(12-22-8-3-7-17-22)18-19-16(20)13-4-9-21(10-5-13)15(23)6-11-24-2/h3,7-8,13H,4-6,9-12H2,1-2H3. The zero-order valence-corrected chi connectivity index (χ0v) is 15.1. The molecule has 2 aromatic rings. The minimum atomic E-state index is 0.278. The highest BCUT2D eigenvalue weighted by molar-refractivity contribution is 7.98. The third-order valence-electron chi connectivity index (χ3n) is 4.59. The van der Waals surface area contributed by atoms with Crippen LogP contribution >= 0.6 is 11.8 Å². The number of nitrogens with zero attached hydrogens (tertiary/aromatic N) is 6. The Kier molecular flexibility index (Phi) is 5.55. The molecule has 2 aromatic heterocycles. The number of hydrogen-bond acceptors (Lipinski definition) is 5. The van der Waals surface area contributed by atoms with Gasteiger partial charge in [0.05, 0.1) is 0 Å². The van der Waals surface area contributed by atoms with Gasteiger partial charge in [-0.1, -0.05) is 0 Å². The number of amides is 1. The van der Waals surface area contributed by atoms with Gasteiger partial charge in [0, 0.05) is 50.6 Å². The van der Waals surface area contributed by atoms with Crippen LogP contribution in [0.3, 0.4) is 0 Å². The zero-order chi connectivity index (χ0) is 16.9. The Morgan fingerprint density at radius 3 is 2.79 bits per heavy atom. The molecule has 0 aliphatic carbocycles. The fourth-order valence-corrected chi connectivity index (χ4v) is 3.52. The fraction of sp³-hybridized carbons (Fsp3) is 0.625. The summed E-state index contributed by atoms with van der Waals surface area (Å²) in [7, 11) is 2.02. The maximum Gasteiger partial charge on any atom is 0.223 e. The summed E-state index contributed by atoms with van der Waals surface area (Å²) in [6.45, 7) is 2.26. The molecule has 8 heteroatoms. The van der Waals surface area contributed by atoms with E-state index in [1.165, 1.54) is 0 Å². The van der Waals surface area contributed by atoms with Gasteiger partial charge in [-0.3, -0.25) is 9.48 Å². The predicted molar refractivity (Wildman–Crippen MR) is 93.9 cm³/mol. The van der Waals surface area contributed by atoms with Crippen molar-refractivity contribution in [2.24, 2.45) is 7.05 Å². The molecule has 7 nitrogen and oxygen atoms in total. The van der Waals surface area contributed by atoms with E-state index in [0.717, 1.165) is 43.3 Å². The Labute approximate surface area is 146 Å². The van der Waals surface area contributed by atoms with Crippen LogP contribution in [0.4, 0.5) is 0 Å².